The van der Waals surface area contributed by atoms with Gasteiger partial charge in [0, 0.05) is 16.8 Å². The van der Waals surface area contributed by atoms with Crippen LogP contribution in [0.3, 0.4) is 0 Å². The molecule has 3 rings (SSSR count). The van der Waals surface area contributed by atoms with Crippen LogP contribution in [-0.2, 0) is 10.0 Å². The van der Waals surface area contributed by atoms with Crippen LogP contribution < -0.4 is 4.72 Å². The number of aryl methyl sites for hydroxylation is 2. The number of hydrogen-bond acceptors (Lipinski definition) is 3. The number of anilines is 1. The van der Waals surface area contributed by atoms with E-state index < -0.39 is 10.0 Å². The molecule has 0 aromatic heterocycles. The quantitative estimate of drug-likeness (QED) is 0.576. The first-order valence-corrected chi connectivity index (χ1v) is 10.2. The molecule has 0 aliphatic rings. The van der Waals surface area contributed by atoms with Crippen LogP contribution in [0.4, 0.5) is 11.4 Å². The molecule has 0 heterocycles. The first-order chi connectivity index (χ1) is 12.8. The van der Waals surface area contributed by atoms with Gasteiger partial charge in [0.1, 0.15) is 0 Å². The Balaban J connectivity index is 1.78. The lowest BCUT2D eigenvalue weighted by molar-refractivity contribution is 0.601. The van der Waals surface area contributed by atoms with Gasteiger partial charge in [-0.05, 0) is 55.8 Å². The van der Waals surface area contributed by atoms with E-state index >= 15 is 0 Å². The van der Waals surface area contributed by atoms with Gasteiger partial charge in [-0.1, -0.05) is 47.5 Å². The van der Waals surface area contributed by atoms with Crippen molar-refractivity contribution < 1.29 is 8.42 Å². The van der Waals surface area contributed by atoms with Crippen LogP contribution in [-0.4, -0.2) is 14.6 Å². The molecular weight excluding hydrogens is 380 g/mol. The predicted octanol–water partition coefficient (Wildman–Crippen LogP) is 5.51. The maximum atomic E-state index is 12.6. The van der Waals surface area contributed by atoms with Crippen molar-refractivity contribution in [3.8, 4) is 0 Å². The molecule has 0 aliphatic carbocycles. The van der Waals surface area contributed by atoms with E-state index in [0.717, 1.165) is 16.7 Å². The highest BCUT2D eigenvalue weighted by molar-refractivity contribution is 7.92. The van der Waals surface area contributed by atoms with E-state index in [4.69, 9.17) is 11.6 Å². The fraction of sp³-hybridized carbons (Fsp3) is 0.0952. The van der Waals surface area contributed by atoms with Gasteiger partial charge in [0.05, 0.1) is 16.3 Å². The predicted molar refractivity (Wildman–Crippen MR) is 112 cm³/mol. The lowest BCUT2D eigenvalue weighted by Crippen LogP contribution is -2.13. The number of nitrogens with one attached hydrogen (secondary N) is 1. The molecule has 6 heteroatoms. The molecule has 3 aromatic carbocycles. The summed E-state index contributed by atoms with van der Waals surface area (Å²) < 4.78 is 27.8. The van der Waals surface area contributed by atoms with Crippen LogP contribution in [0.5, 0.6) is 0 Å². The monoisotopic (exact) mass is 398 g/mol. The lowest BCUT2D eigenvalue weighted by Gasteiger charge is -2.11. The number of sulfonamides is 1. The molecule has 0 aliphatic heterocycles. The molecule has 0 radical (unpaired) electrons. The average molecular weight is 399 g/mol. The Bertz CT molecular complexity index is 1090. The fourth-order valence-corrected chi connectivity index (χ4v) is 3.88. The zero-order valence-corrected chi connectivity index (χ0v) is 16.6. The Kier molecular flexibility index (Phi) is 5.63. The first kappa shape index (κ1) is 19.1. The molecule has 0 unspecified atom stereocenters. The smallest absolute Gasteiger partial charge is 0.261 e. The van der Waals surface area contributed by atoms with Crippen molar-refractivity contribution in [1.29, 1.82) is 0 Å². The summed E-state index contributed by atoms with van der Waals surface area (Å²) in [6.45, 7) is 3.84. The number of hydrogen-bond donors (Lipinski definition) is 1. The highest BCUT2D eigenvalue weighted by Crippen LogP contribution is 2.23. The van der Waals surface area contributed by atoms with Gasteiger partial charge in [-0.25, -0.2) is 8.42 Å². The topological polar surface area (TPSA) is 58.5 Å². The van der Waals surface area contributed by atoms with E-state index in [1.54, 1.807) is 30.5 Å². The molecule has 1 N–H and O–H groups in total. The van der Waals surface area contributed by atoms with Gasteiger partial charge in [-0.3, -0.25) is 9.71 Å². The maximum absolute atomic E-state index is 12.6. The summed E-state index contributed by atoms with van der Waals surface area (Å²) in [5, 5.41) is 0.609. The van der Waals surface area contributed by atoms with Crippen molar-refractivity contribution in [2.24, 2.45) is 4.99 Å². The van der Waals surface area contributed by atoms with Crippen molar-refractivity contribution in [2.75, 3.05) is 4.72 Å². The Morgan fingerprint density at radius 3 is 2.33 bits per heavy atom. The molecule has 0 spiro atoms. The molecule has 27 heavy (non-hydrogen) atoms. The third-order valence-corrected chi connectivity index (χ3v) is 5.76. The molecular formula is C21H19ClN2O2S. The van der Waals surface area contributed by atoms with Gasteiger partial charge < -0.3 is 0 Å². The SMILES string of the molecule is Cc1ccc(NS(=O)(=O)c2ccc(N=Cc3ccccc3Cl)cc2)c(C)c1. The molecule has 0 atom stereocenters. The Morgan fingerprint density at radius 1 is 0.963 bits per heavy atom. The van der Waals surface area contributed by atoms with E-state index in [0.29, 0.717) is 16.4 Å². The zero-order chi connectivity index (χ0) is 19.4. The summed E-state index contributed by atoms with van der Waals surface area (Å²) in [7, 11) is -3.66. The molecule has 4 nitrogen and oxygen atoms in total. The van der Waals surface area contributed by atoms with Crippen molar-refractivity contribution in [3.05, 3.63) is 88.4 Å². The Labute approximate surface area is 164 Å². The van der Waals surface area contributed by atoms with E-state index in [2.05, 4.69) is 9.71 Å². The molecule has 3 aromatic rings. The standard InChI is InChI=1S/C21H19ClN2O2S/c1-15-7-12-21(16(2)13-15)24-27(25,26)19-10-8-18(9-11-19)23-14-17-5-3-4-6-20(17)22/h3-14,24H,1-2H3. The number of halogens is 1. The average Bonchev–Trinajstić information content (AvgIpc) is 2.64. The number of benzene rings is 3. The van der Waals surface area contributed by atoms with Gasteiger partial charge in [-0.2, -0.15) is 0 Å². The summed E-state index contributed by atoms with van der Waals surface area (Å²) in [4.78, 5) is 4.52. The summed E-state index contributed by atoms with van der Waals surface area (Å²) in [6.07, 6.45) is 1.65. The summed E-state index contributed by atoms with van der Waals surface area (Å²) >= 11 is 6.10. The molecule has 138 valence electrons. The number of rotatable bonds is 5. The molecule has 0 saturated carbocycles. The third-order valence-electron chi connectivity index (χ3n) is 4.03. The van der Waals surface area contributed by atoms with Gasteiger partial charge >= 0.3 is 0 Å². The normalized spacial score (nSPS) is 11.7. The number of aliphatic imine (C=N–C) groups is 1. The maximum Gasteiger partial charge on any atom is 0.261 e. The van der Waals surface area contributed by atoms with E-state index in [1.165, 1.54) is 12.1 Å². The van der Waals surface area contributed by atoms with E-state index in [9.17, 15) is 8.42 Å². The van der Waals surface area contributed by atoms with Gasteiger partial charge in [0.2, 0.25) is 0 Å². The fourth-order valence-electron chi connectivity index (χ4n) is 2.57. The van der Waals surface area contributed by atoms with Crippen LogP contribution in [0.15, 0.2) is 76.6 Å². The minimum absolute atomic E-state index is 0.180. The van der Waals surface area contributed by atoms with Crippen LogP contribution >= 0.6 is 11.6 Å². The second kappa shape index (κ2) is 7.94. The summed E-state index contributed by atoms with van der Waals surface area (Å²) in [5.74, 6) is 0. The summed E-state index contributed by atoms with van der Waals surface area (Å²) in [5.41, 5.74) is 3.96. The zero-order valence-electron chi connectivity index (χ0n) is 15.0. The van der Waals surface area contributed by atoms with Gasteiger partial charge in [0.15, 0.2) is 0 Å². The third kappa shape index (κ3) is 4.76. The van der Waals surface area contributed by atoms with Crippen LogP contribution in [0.1, 0.15) is 16.7 Å². The van der Waals surface area contributed by atoms with Crippen LogP contribution in [0.25, 0.3) is 0 Å². The van der Waals surface area contributed by atoms with E-state index in [-0.39, 0.29) is 4.90 Å². The van der Waals surface area contributed by atoms with Crippen LogP contribution in [0.2, 0.25) is 5.02 Å². The minimum atomic E-state index is -3.66. The van der Waals surface area contributed by atoms with Gasteiger partial charge in [-0.15, -0.1) is 0 Å². The minimum Gasteiger partial charge on any atom is -0.279 e. The molecule has 0 bridgehead atoms. The second-order valence-electron chi connectivity index (χ2n) is 6.20. The first-order valence-electron chi connectivity index (χ1n) is 8.34. The van der Waals surface area contributed by atoms with Crippen molar-refractivity contribution >= 4 is 39.2 Å². The summed E-state index contributed by atoms with van der Waals surface area (Å²) in [6, 6.07) is 19.3. The van der Waals surface area contributed by atoms with Crippen molar-refractivity contribution in [1.82, 2.24) is 0 Å². The lowest BCUT2D eigenvalue weighted by atomic mass is 10.1. The van der Waals surface area contributed by atoms with Gasteiger partial charge in [0.25, 0.3) is 10.0 Å². The Hall–Kier alpha value is -2.63. The molecule has 0 amide bonds. The van der Waals surface area contributed by atoms with Crippen molar-refractivity contribution in [2.45, 2.75) is 18.7 Å². The second-order valence-corrected chi connectivity index (χ2v) is 8.29. The van der Waals surface area contributed by atoms with E-state index in [1.807, 2.05) is 44.2 Å². The molecule has 0 fully saturated rings. The highest BCUT2D eigenvalue weighted by atomic mass is 35.5. The number of nitrogens with zero attached hydrogens (tertiary/aromatic N) is 1. The van der Waals surface area contributed by atoms with Crippen LogP contribution in [0, 0.1) is 13.8 Å². The highest BCUT2D eigenvalue weighted by Gasteiger charge is 2.15. The Morgan fingerprint density at radius 2 is 1.67 bits per heavy atom. The van der Waals surface area contributed by atoms with Crippen molar-refractivity contribution in [3.63, 3.8) is 0 Å². The largest absolute Gasteiger partial charge is 0.279 e. The molecule has 0 saturated heterocycles.